The summed E-state index contributed by atoms with van der Waals surface area (Å²) >= 11 is 12.3. The van der Waals surface area contributed by atoms with Gasteiger partial charge in [-0.1, -0.05) is 29.3 Å². The summed E-state index contributed by atoms with van der Waals surface area (Å²) in [5, 5.41) is 20.5. The minimum atomic E-state index is -1.51. The first-order valence-corrected chi connectivity index (χ1v) is 7.09. The number of aryl methyl sites for hydroxylation is 1. The highest BCUT2D eigenvalue weighted by molar-refractivity contribution is 6.43. The number of nitriles is 1. The van der Waals surface area contributed by atoms with Crippen molar-refractivity contribution < 1.29 is 9.90 Å². The number of halogens is 2. The van der Waals surface area contributed by atoms with Crippen molar-refractivity contribution in [2.45, 2.75) is 13.8 Å². The molecule has 112 valence electrons. The lowest BCUT2D eigenvalue weighted by molar-refractivity contribution is -0.298. The topological polar surface area (TPSA) is 68.8 Å². The van der Waals surface area contributed by atoms with Gasteiger partial charge in [-0.05, 0) is 43.7 Å². The van der Waals surface area contributed by atoms with E-state index < -0.39 is 11.5 Å². The third-order valence-corrected chi connectivity index (χ3v) is 4.09. The van der Waals surface area contributed by atoms with Crippen molar-refractivity contribution in [3.63, 3.8) is 0 Å². The van der Waals surface area contributed by atoms with Crippen LogP contribution in [0.4, 0.5) is 0 Å². The zero-order valence-corrected chi connectivity index (χ0v) is 13.4. The highest BCUT2D eigenvalue weighted by atomic mass is 35.5. The molecule has 1 aromatic heterocycles. The van der Waals surface area contributed by atoms with Gasteiger partial charge >= 0.3 is 0 Å². The number of benzene rings is 1. The van der Waals surface area contributed by atoms with Crippen molar-refractivity contribution >= 4 is 35.2 Å². The van der Waals surface area contributed by atoms with Gasteiger partial charge in [-0.2, -0.15) is 5.26 Å². The number of aromatic nitrogens is 1. The monoisotopic (exact) mass is 333 g/mol. The van der Waals surface area contributed by atoms with Crippen LogP contribution in [0, 0.1) is 25.2 Å². The molecular formula is C16H11Cl2N2O2-. The van der Waals surface area contributed by atoms with Crippen LogP contribution in [0.5, 0.6) is 0 Å². The maximum absolute atomic E-state index is 10.9. The van der Waals surface area contributed by atoms with Crippen molar-refractivity contribution in [1.82, 2.24) is 4.57 Å². The SMILES string of the molecule is Cc1cc(/C=C(/C#N)C(=O)[O-])c(C)n1-c1cccc(Cl)c1Cl. The van der Waals surface area contributed by atoms with Gasteiger partial charge in [-0.3, -0.25) is 0 Å². The third kappa shape index (κ3) is 2.87. The van der Waals surface area contributed by atoms with Crippen molar-refractivity contribution in [3.05, 3.63) is 56.8 Å². The van der Waals surface area contributed by atoms with Gasteiger partial charge in [-0.25, -0.2) is 0 Å². The van der Waals surface area contributed by atoms with Crippen LogP contribution in [-0.2, 0) is 4.79 Å². The molecule has 22 heavy (non-hydrogen) atoms. The van der Waals surface area contributed by atoms with E-state index in [2.05, 4.69) is 0 Å². The first-order chi connectivity index (χ1) is 10.4. The molecule has 0 saturated carbocycles. The maximum Gasteiger partial charge on any atom is 0.101 e. The minimum absolute atomic E-state index is 0.405. The Morgan fingerprint density at radius 3 is 2.64 bits per heavy atom. The highest BCUT2D eigenvalue weighted by Gasteiger charge is 2.14. The molecule has 0 N–H and O–H groups in total. The predicted molar refractivity (Wildman–Crippen MR) is 83.9 cm³/mol. The molecular weight excluding hydrogens is 323 g/mol. The second kappa shape index (κ2) is 6.27. The summed E-state index contributed by atoms with van der Waals surface area (Å²) in [6.07, 6.45) is 1.28. The van der Waals surface area contributed by atoms with E-state index in [-0.39, 0.29) is 0 Å². The van der Waals surface area contributed by atoms with E-state index in [4.69, 9.17) is 28.5 Å². The molecule has 0 atom stereocenters. The first-order valence-electron chi connectivity index (χ1n) is 6.33. The van der Waals surface area contributed by atoms with Crippen LogP contribution < -0.4 is 5.11 Å². The summed E-state index contributed by atoms with van der Waals surface area (Å²) in [5.74, 6) is -1.51. The van der Waals surface area contributed by atoms with Crippen LogP contribution >= 0.6 is 23.2 Å². The zero-order valence-electron chi connectivity index (χ0n) is 11.9. The Kier molecular flexibility index (Phi) is 4.60. The molecule has 0 saturated heterocycles. The quantitative estimate of drug-likeness (QED) is 0.640. The molecule has 1 aromatic carbocycles. The number of carbonyl (C=O) groups is 1. The van der Waals surface area contributed by atoms with Gasteiger partial charge in [0.1, 0.15) is 6.07 Å². The van der Waals surface area contributed by atoms with E-state index in [1.54, 1.807) is 31.2 Å². The molecule has 2 aromatic rings. The van der Waals surface area contributed by atoms with Gasteiger partial charge in [-0.15, -0.1) is 0 Å². The predicted octanol–water partition coefficient (Wildman–Crippen LogP) is 3.06. The van der Waals surface area contributed by atoms with E-state index in [1.807, 2.05) is 17.6 Å². The molecule has 0 fully saturated rings. The Morgan fingerprint density at radius 1 is 1.36 bits per heavy atom. The van der Waals surface area contributed by atoms with Gasteiger partial charge < -0.3 is 14.5 Å². The Morgan fingerprint density at radius 2 is 2.05 bits per heavy atom. The molecule has 0 aliphatic carbocycles. The molecule has 6 heteroatoms. The average molecular weight is 334 g/mol. The molecule has 0 aliphatic heterocycles. The van der Waals surface area contributed by atoms with Crippen LogP contribution in [0.25, 0.3) is 11.8 Å². The molecule has 0 spiro atoms. The number of carbonyl (C=O) groups excluding carboxylic acids is 1. The Bertz CT molecular complexity index is 829. The number of rotatable bonds is 3. The zero-order chi connectivity index (χ0) is 16.4. The van der Waals surface area contributed by atoms with E-state index >= 15 is 0 Å². The number of hydrogen-bond donors (Lipinski definition) is 0. The van der Waals surface area contributed by atoms with Gasteiger partial charge in [0.2, 0.25) is 0 Å². The summed E-state index contributed by atoms with van der Waals surface area (Å²) < 4.78 is 1.85. The molecule has 2 rings (SSSR count). The lowest BCUT2D eigenvalue weighted by Crippen LogP contribution is -2.23. The smallest absolute Gasteiger partial charge is 0.101 e. The second-order valence-electron chi connectivity index (χ2n) is 4.69. The molecule has 4 nitrogen and oxygen atoms in total. The fourth-order valence-electron chi connectivity index (χ4n) is 2.26. The van der Waals surface area contributed by atoms with E-state index in [0.717, 1.165) is 11.4 Å². The standard InChI is InChI=1S/C16H12Cl2N2O2/c1-9-6-11(7-12(8-19)16(21)22)10(2)20(9)14-5-3-4-13(17)15(14)18/h3-7H,1-2H3,(H,21,22)/p-1/b12-7-. The number of aliphatic carboxylic acids is 1. The molecule has 0 aliphatic rings. The van der Waals surface area contributed by atoms with E-state index in [9.17, 15) is 9.90 Å². The lowest BCUT2D eigenvalue weighted by atomic mass is 10.1. The number of carboxylic acid groups (broad SMARTS) is 1. The van der Waals surface area contributed by atoms with Gasteiger partial charge in [0.05, 0.1) is 27.3 Å². The average Bonchev–Trinajstić information content (AvgIpc) is 2.74. The van der Waals surface area contributed by atoms with Crippen LogP contribution in [0.15, 0.2) is 29.8 Å². The van der Waals surface area contributed by atoms with Crippen molar-refractivity contribution in [1.29, 1.82) is 5.26 Å². The van der Waals surface area contributed by atoms with Crippen molar-refractivity contribution in [2.24, 2.45) is 0 Å². The second-order valence-corrected chi connectivity index (χ2v) is 5.48. The maximum atomic E-state index is 10.9. The van der Waals surface area contributed by atoms with E-state index in [1.165, 1.54) is 6.08 Å². The largest absolute Gasteiger partial charge is 0.544 e. The Balaban J connectivity index is 2.65. The molecule has 0 unspecified atom stereocenters. The highest BCUT2D eigenvalue weighted by Crippen LogP contribution is 2.32. The van der Waals surface area contributed by atoms with Crippen LogP contribution in [0.2, 0.25) is 10.0 Å². The summed E-state index contributed by atoms with van der Waals surface area (Å²) in [7, 11) is 0. The normalized spacial score (nSPS) is 11.3. The summed E-state index contributed by atoms with van der Waals surface area (Å²) in [5.41, 5.74) is 2.45. The van der Waals surface area contributed by atoms with Crippen LogP contribution in [-0.4, -0.2) is 10.5 Å². The number of carboxylic acids is 1. The minimum Gasteiger partial charge on any atom is -0.544 e. The fourth-order valence-corrected chi connectivity index (χ4v) is 2.64. The van der Waals surface area contributed by atoms with Gasteiger partial charge in [0, 0.05) is 11.4 Å². The molecule has 0 bridgehead atoms. The summed E-state index contributed by atoms with van der Waals surface area (Å²) in [6, 6.07) is 8.66. The Hall–Kier alpha value is -2.22. The van der Waals surface area contributed by atoms with E-state index in [0.29, 0.717) is 21.3 Å². The first kappa shape index (κ1) is 16.2. The summed E-state index contributed by atoms with van der Waals surface area (Å²) in [4.78, 5) is 10.9. The van der Waals surface area contributed by atoms with Crippen LogP contribution in [0.3, 0.4) is 0 Å². The summed E-state index contributed by atoms with van der Waals surface area (Å²) in [6.45, 7) is 3.66. The van der Waals surface area contributed by atoms with Gasteiger partial charge in [0.15, 0.2) is 0 Å². The lowest BCUT2D eigenvalue weighted by Gasteiger charge is -2.12. The third-order valence-electron chi connectivity index (χ3n) is 3.28. The molecule has 0 radical (unpaired) electrons. The number of hydrogen-bond acceptors (Lipinski definition) is 3. The van der Waals surface area contributed by atoms with Crippen molar-refractivity contribution in [3.8, 4) is 11.8 Å². The number of nitrogens with zero attached hydrogens (tertiary/aromatic N) is 2. The van der Waals surface area contributed by atoms with Crippen molar-refractivity contribution in [2.75, 3.05) is 0 Å². The molecule has 1 heterocycles. The molecule has 0 amide bonds. The van der Waals surface area contributed by atoms with Crippen LogP contribution in [0.1, 0.15) is 17.0 Å². The van der Waals surface area contributed by atoms with Gasteiger partial charge in [0.25, 0.3) is 0 Å². The Labute approximate surface area is 137 Å². The fraction of sp³-hybridized carbons (Fsp3) is 0.125.